The summed E-state index contributed by atoms with van der Waals surface area (Å²) in [7, 11) is 4.39. The van der Waals surface area contributed by atoms with E-state index in [0.717, 1.165) is 0 Å². The Bertz CT molecular complexity index is 1060. The van der Waals surface area contributed by atoms with Gasteiger partial charge in [0.05, 0.1) is 26.3 Å². The predicted octanol–water partition coefficient (Wildman–Crippen LogP) is 3.76. The summed E-state index contributed by atoms with van der Waals surface area (Å²) >= 11 is 0. The first-order valence-electron chi connectivity index (χ1n) is 9.89. The van der Waals surface area contributed by atoms with Crippen LogP contribution in [0.15, 0.2) is 42.1 Å². The van der Waals surface area contributed by atoms with Crippen molar-refractivity contribution in [3.63, 3.8) is 0 Å². The SMILES string of the molecule is COc1cc(/C=C(/NC(=O)C(C)(C)C)C(=O)Nc2cccc([N+](=O)[O-])c2)cc(OC)c1OC. The van der Waals surface area contributed by atoms with Gasteiger partial charge in [-0.05, 0) is 29.8 Å². The maximum Gasteiger partial charge on any atom is 0.272 e. The minimum absolute atomic E-state index is 0.0734. The lowest BCUT2D eigenvalue weighted by atomic mass is 9.95. The zero-order valence-electron chi connectivity index (χ0n) is 19.3. The van der Waals surface area contributed by atoms with Gasteiger partial charge in [0.2, 0.25) is 11.7 Å². The average molecular weight is 457 g/mol. The third-order valence-electron chi connectivity index (χ3n) is 4.49. The molecule has 2 aromatic rings. The molecule has 0 saturated heterocycles. The number of ether oxygens (including phenoxy) is 3. The number of nitrogens with zero attached hydrogens (tertiary/aromatic N) is 1. The molecule has 10 nitrogen and oxygen atoms in total. The lowest BCUT2D eigenvalue weighted by Gasteiger charge is -2.19. The smallest absolute Gasteiger partial charge is 0.272 e. The number of anilines is 1. The van der Waals surface area contributed by atoms with Gasteiger partial charge in [-0.25, -0.2) is 0 Å². The Balaban J connectivity index is 2.51. The molecule has 0 unspecified atom stereocenters. The number of rotatable bonds is 8. The van der Waals surface area contributed by atoms with E-state index in [-0.39, 0.29) is 17.1 Å². The first-order chi connectivity index (χ1) is 15.5. The van der Waals surface area contributed by atoms with Crippen LogP contribution in [-0.4, -0.2) is 38.1 Å². The summed E-state index contributed by atoms with van der Waals surface area (Å²) < 4.78 is 16.0. The highest BCUT2D eigenvalue weighted by Crippen LogP contribution is 2.38. The Morgan fingerprint density at radius 3 is 2.09 bits per heavy atom. The third-order valence-corrected chi connectivity index (χ3v) is 4.49. The lowest BCUT2D eigenvalue weighted by Crippen LogP contribution is -2.38. The molecule has 0 saturated carbocycles. The number of nitro benzene ring substituents is 1. The summed E-state index contributed by atoms with van der Waals surface area (Å²) in [6, 6.07) is 8.72. The monoisotopic (exact) mass is 457 g/mol. The normalized spacial score (nSPS) is 11.4. The van der Waals surface area contributed by atoms with Crippen molar-refractivity contribution >= 4 is 29.3 Å². The molecule has 0 atom stereocenters. The number of hydrogen-bond acceptors (Lipinski definition) is 7. The van der Waals surface area contributed by atoms with Gasteiger partial charge in [-0.2, -0.15) is 0 Å². The van der Waals surface area contributed by atoms with E-state index in [1.165, 1.54) is 51.7 Å². The van der Waals surface area contributed by atoms with Crippen LogP contribution in [0.4, 0.5) is 11.4 Å². The highest BCUT2D eigenvalue weighted by atomic mass is 16.6. The molecule has 0 spiro atoms. The van der Waals surface area contributed by atoms with Gasteiger partial charge in [-0.1, -0.05) is 26.8 Å². The van der Waals surface area contributed by atoms with Gasteiger partial charge in [0.15, 0.2) is 11.5 Å². The van der Waals surface area contributed by atoms with E-state index in [9.17, 15) is 19.7 Å². The molecule has 0 aliphatic heterocycles. The van der Waals surface area contributed by atoms with E-state index in [2.05, 4.69) is 10.6 Å². The number of amides is 2. The minimum Gasteiger partial charge on any atom is -0.493 e. The number of benzene rings is 2. The number of non-ortho nitro benzene ring substituents is 1. The summed E-state index contributed by atoms with van der Waals surface area (Å²) in [5.41, 5.74) is -0.338. The summed E-state index contributed by atoms with van der Waals surface area (Å²) in [6.45, 7) is 5.12. The van der Waals surface area contributed by atoms with Crippen molar-refractivity contribution in [3.8, 4) is 17.2 Å². The molecule has 0 aromatic heterocycles. The summed E-state index contributed by atoms with van der Waals surface area (Å²) in [6.07, 6.45) is 1.45. The quantitative estimate of drug-likeness (QED) is 0.351. The zero-order valence-corrected chi connectivity index (χ0v) is 19.3. The largest absolute Gasteiger partial charge is 0.493 e. The number of nitrogens with one attached hydrogen (secondary N) is 2. The van der Waals surface area contributed by atoms with Crippen molar-refractivity contribution in [1.82, 2.24) is 5.32 Å². The van der Waals surface area contributed by atoms with Crippen molar-refractivity contribution < 1.29 is 28.7 Å². The molecule has 2 aromatic carbocycles. The van der Waals surface area contributed by atoms with Crippen LogP contribution in [0.5, 0.6) is 17.2 Å². The van der Waals surface area contributed by atoms with Crippen LogP contribution in [0.3, 0.4) is 0 Å². The van der Waals surface area contributed by atoms with Crippen LogP contribution in [0.2, 0.25) is 0 Å². The second-order valence-electron chi connectivity index (χ2n) is 7.98. The van der Waals surface area contributed by atoms with Crippen LogP contribution in [0.25, 0.3) is 6.08 Å². The van der Waals surface area contributed by atoms with E-state index >= 15 is 0 Å². The van der Waals surface area contributed by atoms with Gasteiger partial charge < -0.3 is 24.8 Å². The average Bonchev–Trinajstić information content (AvgIpc) is 2.77. The van der Waals surface area contributed by atoms with Crippen LogP contribution in [-0.2, 0) is 9.59 Å². The Morgan fingerprint density at radius 2 is 1.61 bits per heavy atom. The van der Waals surface area contributed by atoms with Crippen molar-refractivity contribution in [2.45, 2.75) is 20.8 Å². The molecule has 0 fully saturated rings. The van der Waals surface area contributed by atoms with Gasteiger partial charge in [-0.15, -0.1) is 0 Å². The lowest BCUT2D eigenvalue weighted by molar-refractivity contribution is -0.384. The standard InChI is InChI=1S/C23H27N3O7/c1-23(2,3)22(28)25-17(21(27)24-15-8-7-9-16(13-15)26(29)30)10-14-11-18(31-4)20(33-6)19(12-14)32-5/h7-13H,1-6H3,(H,24,27)(H,25,28)/b17-10+. The number of nitro groups is 1. The number of hydrogen-bond donors (Lipinski definition) is 2. The predicted molar refractivity (Wildman–Crippen MR) is 123 cm³/mol. The second kappa shape index (κ2) is 10.5. The fraction of sp³-hybridized carbons (Fsp3) is 0.304. The maximum atomic E-state index is 13.0. The molecule has 2 rings (SSSR count). The molecule has 2 amide bonds. The number of methoxy groups -OCH3 is 3. The molecule has 176 valence electrons. The minimum atomic E-state index is -0.778. The fourth-order valence-electron chi connectivity index (χ4n) is 2.72. The molecule has 10 heteroatoms. The number of carbonyl (C=O) groups is 2. The van der Waals surface area contributed by atoms with Crippen molar-refractivity contribution in [1.29, 1.82) is 0 Å². The molecule has 0 radical (unpaired) electrons. The van der Waals surface area contributed by atoms with E-state index in [4.69, 9.17) is 14.2 Å². The van der Waals surface area contributed by atoms with Crippen LogP contribution >= 0.6 is 0 Å². The highest BCUT2D eigenvalue weighted by Gasteiger charge is 2.25. The first kappa shape index (κ1) is 25.2. The van der Waals surface area contributed by atoms with Crippen LogP contribution in [0.1, 0.15) is 26.3 Å². The molecule has 2 N–H and O–H groups in total. The van der Waals surface area contributed by atoms with E-state index in [1.807, 2.05) is 0 Å². The van der Waals surface area contributed by atoms with E-state index < -0.39 is 22.2 Å². The fourth-order valence-corrected chi connectivity index (χ4v) is 2.72. The van der Waals surface area contributed by atoms with Crippen LogP contribution in [0, 0.1) is 15.5 Å². The van der Waals surface area contributed by atoms with Gasteiger partial charge in [0, 0.05) is 23.2 Å². The molecule has 33 heavy (non-hydrogen) atoms. The van der Waals surface area contributed by atoms with Crippen molar-refractivity contribution in [2.24, 2.45) is 5.41 Å². The highest BCUT2D eigenvalue weighted by molar-refractivity contribution is 6.09. The Kier molecular flexibility index (Phi) is 8.00. The molecular weight excluding hydrogens is 430 g/mol. The Morgan fingerprint density at radius 1 is 1.00 bits per heavy atom. The van der Waals surface area contributed by atoms with Crippen molar-refractivity contribution in [2.75, 3.05) is 26.6 Å². The summed E-state index contributed by atoms with van der Waals surface area (Å²) in [5, 5.41) is 16.2. The van der Waals surface area contributed by atoms with Crippen LogP contribution < -0.4 is 24.8 Å². The van der Waals surface area contributed by atoms with Gasteiger partial charge in [0.1, 0.15) is 5.70 Å². The Labute approximate surface area is 191 Å². The number of carbonyl (C=O) groups excluding carboxylic acids is 2. The second-order valence-corrected chi connectivity index (χ2v) is 7.98. The maximum absolute atomic E-state index is 13.0. The van der Waals surface area contributed by atoms with Gasteiger partial charge >= 0.3 is 0 Å². The Hall–Kier alpha value is -4.08. The van der Waals surface area contributed by atoms with Gasteiger partial charge in [-0.3, -0.25) is 19.7 Å². The topological polar surface area (TPSA) is 129 Å². The van der Waals surface area contributed by atoms with Gasteiger partial charge in [0.25, 0.3) is 11.6 Å². The molecule has 0 aliphatic rings. The first-order valence-corrected chi connectivity index (χ1v) is 9.89. The molecule has 0 heterocycles. The van der Waals surface area contributed by atoms with E-state index in [1.54, 1.807) is 32.9 Å². The summed E-state index contributed by atoms with van der Waals surface area (Å²) in [4.78, 5) is 36.1. The molecular formula is C23H27N3O7. The molecule has 0 bridgehead atoms. The van der Waals surface area contributed by atoms with E-state index in [0.29, 0.717) is 22.8 Å². The summed E-state index contributed by atoms with van der Waals surface area (Å²) in [5.74, 6) is 0.0445. The third kappa shape index (κ3) is 6.45. The van der Waals surface area contributed by atoms with Crippen molar-refractivity contribution in [3.05, 3.63) is 57.8 Å². The molecule has 0 aliphatic carbocycles. The zero-order chi connectivity index (χ0) is 24.8.